The molecule has 4 nitrogen and oxygen atoms in total. The van der Waals surface area contributed by atoms with Crippen molar-refractivity contribution < 1.29 is 0 Å². The highest BCUT2D eigenvalue weighted by atomic mass is 15.2. The minimum Gasteiger partial charge on any atom is -0.396 e. The maximum absolute atomic E-state index is 5.81. The fourth-order valence-corrected chi connectivity index (χ4v) is 1.72. The van der Waals surface area contributed by atoms with Gasteiger partial charge in [0.1, 0.15) is 0 Å². The normalized spacial score (nSPS) is 17.4. The Balaban J connectivity index is 2.18. The Hall–Kier alpha value is -1.32. The van der Waals surface area contributed by atoms with Crippen molar-refractivity contribution in [2.75, 3.05) is 23.7 Å². The summed E-state index contributed by atoms with van der Waals surface area (Å²) in [5.41, 5.74) is 7.58. The van der Waals surface area contributed by atoms with Gasteiger partial charge in [0.05, 0.1) is 23.8 Å². The van der Waals surface area contributed by atoms with Crippen LogP contribution < -0.4 is 10.6 Å². The third-order valence-electron chi connectivity index (χ3n) is 2.44. The van der Waals surface area contributed by atoms with Crippen molar-refractivity contribution >= 4 is 11.4 Å². The first-order valence-corrected chi connectivity index (χ1v) is 4.69. The molecule has 0 radical (unpaired) electrons. The van der Waals surface area contributed by atoms with Crippen LogP contribution in [0.1, 0.15) is 19.3 Å². The van der Waals surface area contributed by atoms with Gasteiger partial charge >= 0.3 is 0 Å². The van der Waals surface area contributed by atoms with E-state index < -0.39 is 0 Å². The summed E-state index contributed by atoms with van der Waals surface area (Å²) in [5.74, 6) is 0. The summed E-state index contributed by atoms with van der Waals surface area (Å²) in [5, 5.41) is 7.59. The number of nitrogens with two attached hydrogens (primary N) is 1. The van der Waals surface area contributed by atoms with E-state index in [2.05, 4.69) is 15.1 Å². The molecule has 70 valence electrons. The van der Waals surface area contributed by atoms with Gasteiger partial charge in [-0.05, 0) is 19.3 Å². The first-order valence-electron chi connectivity index (χ1n) is 4.69. The van der Waals surface area contributed by atoms with Gasteiger partial charge in [0, 0.05) is 13.1 Å². The maximum Gasteiger partial charge on any atom is 0.0821 e. The van der Waals surface area contributed by atoms with E-state index >= 15 is 0 Å². The van der Waals surface area contributed by atoms with E-state index in [-0.39, 0.29) is 0 Å². The molecule has 0 amide bonds. The van der Waals surface area contributed by atoms with Gasteiger partial charge < -0.3 is 10.6 Å². The lowest BCUT2D eigenvalue weighted by Gasteiger charge is -2.28. The number of aromatic nitrogens is 2. The molecule has 0 spiro atoms. The van der Waals surface area contributed by atoms with Crippen LogP contribution in [0, 0.1) is 0 Å². The Morgan fingerprint density at radius 3 is 2.46 bits per heavy atom. The highest BCUT2D eigenvalue weighted by molar-refractivity contribution is 5.64. The number of rotatable bonds is 1. The summed E-state index contributed by atoms with van der Waals surface area (Å²) in [6.07, 6.45) is 7.20. The zero-order chi connectivity index (χ0) is 9.10. The van der Waals surface area contributed by atoms with Crippen LogP contribution in [0.5, 0.6) is 0 Å². The average Bonchev–Trinajstić information content (AvgIpc) is 2.20. The third kappa shape index (κ3) is 1.71. The lowest BCUT2D eigenvalue weighted by molar-refractivity contribution is 0.577. The molecular formula is C9H14N4. The van der Waals surface area contributed by atoms with E-state index in [1.54, 1.807) is 12.4 Å². The molecule has 0 bridgehead atoms. The van der Waals surface area contributed by atoms with Gasteiger partial charge in [0.2, 0.25) is 0 Å². The van der Waals surface area contributed by atoms with E-state index in [0.29, 0.717) is 0 Å². The van der Waals surface area contributed by atoms with Gasteiger partial charge in [-0.3, -0.25) is 0 Å². The molecule has 0 atom stereocenters. The van der Waals surface area contributed by atoms with Crippen LogP contribution >= 0.6 is 0 Å². The van der Waals surface area contributed by atoms with Crippen molar-refractivity contribution in [2.24, 2.45) is 0 Å². The quantitative estimate of drug-likeness (QED) is 0.698. The van der Waals surface area contributed by atoms with E-state index in [0.717, 1.165) is 24.5 Å². The molecule has 0 aliphatic carbocycles. The van der Waals surface area contributed by atoms with Crippen LogP contribution in [0.3, 0.4) is 0 Å². The fraction of sp³-hybridized carbons (Fsp3) is 0.556. The van der Waals surface area contributed by atoms with Crippen LogP contribution in [-0.4, -0.2) is 23.3 Å². The highest BCUT2D eigenvalue weighted by Gasteiger charge is 2.13. The lowest BCUT2D eigenvalue weighted by Crippen LogP contribution is -2.30. The highest BCUT2D eigenvalue weighted by Crippen LogP contribution is 2.23. The van der Waals surface area contributed by atoms with Gasteiger partial charge in [-0.2, -0.15) is 10.2 Å². The minimum atomic E-state index is 0.733. The lowest BCUT2D eigenvalue weighted by atomic mass is 10.1. The molecule has 1 aliphatic heterocycles. The second-order valence-electron chi connectivity index (χ2n) is 3.38. The number of hydrogen-bond acceptors (Lipinski definition) is 4. The molecule has 1 aromatic rings. The Morgan fingerprint density at radius 1 is 1.08 bits per heavy atom. The summed E-state index contributed by atoms with van der Waals surface area (Å²) in [4.78, 5) is 2.29. The van der Waals surface area contributed by atoms with Gasteiger partial charge in [0.15, 0.2) is 0 Å². The molecule has 1 aromatic heterocycles. The van der Waals surface area contributed by atoms with E-state index in [1.165, 1.54) is 19.3 Å². The number of piperidine rings is 1. The van der Waals surface area contributed by atoms with Crippen molar-refractivity contribution in [1.82, 2.24) is 10.2 Å². The van der Waals surface area contributed by atoms with Crippen LogP contribution in [0.15, 0.2) is 12.4 Å². The summed E-state index contributed by atoms with van der Waals surface area (Å²) >= 11 is 0. The SMILES string of the molecule is Nc1cnncc1N1CCCCC1. The predicted octanol–water partition coefficient (Wildman–Crippen LogP) is 1.05. The summed E-state index contributed by atoms with van der Waals surface area (Å²) in [6, 6.07) is 0. The van der Waals surface area contributed by atoms with Crippen molar-refractivity contribution in [3.63, 3.8) is 0 Å². The second-order valence-corrected chi connectivity index (χ2v) is 3.38. The molecule has 13 heavy (non-hydrogen) atoms. The van der Waals surface area contributed by atoms with E-state index in [9.17, 15) is 0 Å². The van der Waals surface area contributed by atoms with Crippen LogP contribution in [0.2, 0.25) is 0 Å². The zero-order valence-corrected chi connectivity index (χ0v) is 7.61. The van der Waals surface area contributed by atoms with Crippen molar-refractivity contribution in [3.8, 4) is 0 Å². The summed E-state index contributed by atoms with van der Waals surface area (Å²) in [6.45, 7) is 2.19. The van der Waals surface area contributed by atoms with Gasteiger partial charge in [-0.15, -0.1) is 0 Å². The van der Waals surface area contributed by atoms with E-state index in [1.807, 2.05) is 0 Å². The minimum absolute atomic E-state index is 0.733. The van der Waals surface area contributed by atoms with E-state index in [4.69, 9.17) is 5.73 Å². The van der Waals surface area contributed by atoms with Gasteiger partial charge in [0.25, 0.3) is 0 Å². The van der Waals surface area contributed by atoms with Crippen LogP contribution in [-0.2, 0) is 0 Å². The standard InChI is InChI=1S/C9H14N4/c10-8-6-11-12-7-9(8)13-4-2-1-3-5-13/h6-7H,1-5H2,(H2,10,12). The molecule has 1 fully saturated rings. The van der Waals surface area contributed by atoms with Crippen LogP contribution in [0.4, 0.5) is 11.4 Å². The molecule has 0 saturated carbocycles. The summed E-state index contributed by atoms with van der Waals surface area (Å²) < 4.78 is 0. The maximum atomic E-state index is 5.81. The monoisotopic (exact) mass is 178 g/mol. The molecule has 2 rings (SSSR count). The third-order valence-corrected chi connectivity index (χ3v) is 2.44. The van der Waals surface area contributed by atoms with Gasteiger partial charge in [-0.1, -0.05) is 0 Å². The predicted molar refractivity (Wildman–Crippen MR) is 52.5 cm³/mol. The molecule has 1 aliphatic rings. The zero-order valence-electron chi connectivity index (χ0n) is 7.61. The fourth-order valence-electron chi connectivity index (χ4n) is 1.72. The van der Waals surface area contributed by atoms with Crippen molar-refractivity contribution in [2.45, 2.75) is 19.3 Å². The summed E-state index contributed by atoms with van der Waals surface area (Å²) in [7, 11) is 0. The Labute approximate surface area is 77.8 Å². The van der Waals surface area contributed by atoms with Crippen molar-refractivity contribution in [3.05, 3.63) is 12.4 Å². The first kappa shape index (κ1) is 8.29. The molecule has 2 heterocycles. The molecular weight excluding hydrogens is 164 g/mol. The number of nitrogen functional groups attached to an aromatic ring is 1. The smallest absolute Gasteiger partial charge is 0.0821 e. The number of anilines is 2. The van der Waals surface area contributed by atoms with Gasteiger partial charge in [-0.25, -0.2) is 0 Å². The average molecular weight is 178 g/mol. The first-order chi connectivity index (χ1) is 6.38. The van der Waals surface area contributed by atoms with Crippen LogP contribution in [0.25, 0.3) is 0 Å². The molecule has 0 aromatic carbocycles. The number of hydrogen-bond donors (Lipinski definition) is 1. The second kappa shape index (κ2) is 3.60. The largest absolute Gasteiger partial charge is 0.396 e. The molecule has 4 heteroatoms. The topological polar surface area (TPSA) is 55.0 Å². The molecule has 2 N–H and O–H groups in total. The Bertz CT molecular complexity index is 281. The number of nitrogens with zero attached hydrogens (tertiary/aromatic N) is 3. The Kier molecular flexibility index (Phi) is 2.29. The van der Waals surface area contributed by atoms with Crippen molar-refractivity contribution in [1.29, 1.82) is 0 Å². The molecule has 0 unspecified atom stereocenters. The molecule has 1 saturated heterocycles. The Morgan fingerprint density at radius 2 is 1.77 bits per heavy atom.